The molecule has 112 valence electrons. The highest BCUT2D eigenvalue weighted by molar-refractivity contribution is 7.89. The van der Waals surface area contributed by atoms with E-state index in [9.17, 15) is 8.42 Å². The molecule has 21 heavy (non-hydrogen) atoms. The Morgan fingerprint density at radius 2 is 2.00 bits per heavy atom. The van der Waals surface area contributed by atoms with Crippen molar-refractivity contribution in [1.29, 1.82) is 0 Å². The van der Waals surface area contributed by atoms with Crippen LogP contribution in [-0.4, -0.2) is 37.0 Å². The van der Waals surface area contributed by atoms with Gasteiger partial charge < -0.3 is 11.1 Å². The number of benzene rings is 1. The third kappa shape index (κ3) is 3.29. The molecular weight excluding hydrogens is 290 g/mol. The molecule has 0 atom stereocenters. The summed E-state index contributed by atoms with van der Waals surface area (Å²) in [5.41, 5.74) is 7.44. The van der Waals surface area contributed by atoms with Crippen LogP contribution in [0, 0.1) is 0 Å². The van der Waals surface area contributed by atoms with Crippen molar-refractivity contribution in [3.8, 4) is 0 Å². The second-order valence-electron chi connectivity index (χ2n) is 4.57. The van der Waals surface area contributed by atoms with Crippen molar-refractivity contribution in [2.24, 2.45) is 0 Å². The van der Waals surface area contributed by atoms with Crippen LogP contribution >= 0.6 is 0 Å². The Hall–Kier alpha value is -2.19. The molecular formula is C13H17N5O2S. The summed E-state index contributed by atoms with van der Waals surface area (Å²) in [7, 11) is -0.639. The van der Waals surface area contributed by atoms with E-state index in [1.165, 1.54) is 20.2 Å². The number of aromatic nitrogens is 2. The molecule has 0 spiro atoms. The smallest absolute Gasteiger partial charge is 0.244 e. The van der Waals surface area contributed by atoms with Crippen molar-refractivity contribution in [2.45, 2.75) is 11.4 Å². The van der Waals surface area contributed by atoms with Gasteiger partial charge in [0.1, 0.15) is 4.90 Å². The lowest BCUT2D eigenvalue weighted by atomic mass is 10.2. The third-order valence-corrected chi connectivity index (χ3v) is 4.79. The summed E-state index contributed by atoms with van der Waals surface area (Å²) in [4.78, 5) is 0.0802. The molecule has 1 aromatic heterocycles. The molecule has 8 heteroatoms. The number of nitrogens with one attached hydrogen (secondary N) is 1. The van der Waals surface area contributed by atoms with E-state index in [4.69, 9.17) is 5.73 Å². The second-order valence-corrected chi connectivity index (χ2v) is 6.69. The summed E-state index contributed by atoms with van der Waals surface area (Å²) in [6.45, 7) is 0.406. The van der Waals surface area contributed by atoms with E-state index in [-0.39, 0.29) is 10.6 Å². The molecule has 1 aromatic carbocycles. The van der Waals surface area contributed by atoms with Crippen molar-refractivity contribution in [2.75, 3.05) is 25.1 Å². The summed E-state index contributed by atoms with van der Waals surface area (Å²) in [6.07, 6.45) is 1.59. The number of sulfonamides is 1. The number of para-hydroxylation sites is 1. The van der Waals surface area contributed by atoms with E-state index in [0.717, 1.165) is 10.00 Å². The number of nitrogens with zero attached hydrogens (tertiary/aromatic N) is 3. The van der Waals surface area contributed by atoms with E-state index in [1.54, 1.807) is 24.4 Å². The maximum atomic E-state index is 12.2. The lowest BCUT2D eigenvalue weighted by Gasteiger charge is -2.16. The molecule has 0 saturated carbocycles. The van der Waals surface area contributed by atoms with E-state index < -0.39 is 10.0 Å². The van der Waals surface area contributed by atoms with Gasteiger partial charge in [0.05, 0.1) is 23.6 Å². The largest absolute Gasteiger partial charge is 0.396 e. The van der Waals surface area contributed by atoms with Crippen LogP contribution in [-0.2, 0) is 16.6 Å². The average molecular weight is 307 g/mol. The molecule has 7 nitrogen and oxygen atoms in total. The number of nitrogen functional groups attached to an aromatic ring is 1. The molecule has 2 rings (SSSR count). The fourth-order valence-electron chi connectivity index (χ4n) is 1.73. The molecule has 0 aliphatic heterocycles. The van der Waals surface area contributed by atoms with Crippen LogP contribution in [0.3, 0.4) is 0 Å². The summed E-state index contributed by atoms with van der Waals surface area (Å²) < 4.78 is 25.5. The number of hydrogen-bond acceptors (Lipinski definition) is 6. The van der Waals surface area contributed by atoms with Crippen LogP contribution in [0.25, 0.3) is 0 Å². The van der Waals surface area contributed by atoms with Crippen LogP contribution in [0.2, 0.25) is 0 Å². The summed E-state index contributed by atoms with van der Waals surface area (Å²) in [6, 6.07) is 8.45. The van der Waals surface area contributed by atoms with Crippen LogP contribution in [0.1, 0.15) is 5.69 Å². The van der Waals surface area contributed by atoms with Gasteiger partial charge >= 0.3 is 0 Å². The fourth-order valence-corrected chi connectivity index (χ4v) is 2.77. The number of hydrogen-bond donors (Lipinski definition) is 2. The summed E-state index contributed by atoms with van der Waals surface area (Å²) in [5, 5.41) is 10.8. The molecule has 0 fully saturated rings. The van der Waals surface area contributed by atoms with Gasteiger partial charge in [0.25, 0.3) is 0 Å². The highest BCUT2D eigenvalue weighted by atomic mass is 32.2. The monoisotopic (exact) mass is 307 g/mol. The molecule has 0 radical (unpaired) electrons. The van der Waals surface area contributed by atoms with Crippen molar-refractivity contribution < 1.29 is 8.42 Å². The van der Waals surface area contributed by atoms with Gasteiger partial charge in [0.2, 0.25) is 10.0 Å². The Kier molecular flexibility index (Phi) is 4.39. The molecule has 0 unspecified atom stereocenters. The molecule has 0 saturated heterocycles. The zero-order valence-corrected chi connectivity index (χ0v) is 12.6. The molecule has 2 aromatic rings. The highest BCUT2D eigenvalue weighted by Gasteiger charge is 2.21. The topological polar surface area (TPSA) is 101 Å². The van der Waals surface area contributed by atoms with Gasteiger partial charge in [0, 0.05) is 20.3 Å². The van der Waals surface area contributed by atoms with E-state index in [2.05, 4.69) is 15.5 Å². The van der Waals surface area contributed by atoms with Gasteiger partial charge in [-0.2, -0.15) is 10.2 Å². The Bertz CT molecular complexity index is 717. The maximum Gasteiger partial charge on any atom is 0.244 e. The van der Waals surface area contributed by atoms with Gasteiger partial charge in [-0.25, -0.2) is 12.7 Å². The molecule has 1 heterocycles. The van der Waals surface area contributed by atoms with Crippen molar-refractivity contribution >= 4 is 21.4 Å². The number of anilines is 2. The zero-order chi connectivity index (χ0) is 15.5. The Labute approximate surface area is 123 Å². The van der Waals surface area contributed by atoms with Crippen molar-refractivity contribution in [3.05, 3.63) is 42.2 Å². The van der Waals surface area contributed by atoms with Crippen molar-refractivity contribution in [1.82, 2.24) is 14.5 Å². The third-order valence-electron chi connectivity index (χ3n) is 2.91. The lowest BCUT2D eigenvalue weighted by molar-refractivity contribution is 0.521. The fraction of sp³-hybridized carbons (Fsp3) is 0.231. The first kappa shape index (κ1) is 15.2. The summed E-state index contributed by atoms with van der Waals surface area (Å²) >= 11 is 0. The normalized spacial score (nSPS) is 11.6. The molecule has 3 N–H and O–H groups in total. The minimum Gasteiger partial charge on any atom is -0.396 e. The van der Waals surface area contributed by atoms with E-state index in [1.807, 2.05) is 6.07 Å². The number of rotatable bonds is 5. The summed E-state index contributed by atoms with van der Waals surface area (Å²) in [5.74, 6) is 0. The van der Waals surface area contributed by atoms with E-state index in [0.29, 0.717) is 12.2 Å². The zero-order valence-electron chi connectivity index (χ0n) is 11.8. The molecule has 0 aliphatic rings. The van der Waals surface area contributed by atoms with Gasteiger partial charge in [0.15, 0.2) is 0 Å². The van der Waals surface area contributed by atoms with Gasteiger partial charge in [-0.15, -0.1) is 0 Å². The van der Waals surface area contributed by atoms with Crippen LogP contribution in [0.15, 0.2) is 41.4 Å². The first-order valence-electron chi connectivity index (χ1n) is 6.24. The highest BCUT2D eigenvalue weighted by Crippen LogP contribution is 2.28. The minimum absolute atomic E-state index is 0.0802. The molecule has 0 bridgehead atoms. The van der Waals surface area contributed by atoms with Crippen LogP contribution in [0.4, 0.5) is 11.4 Å². The SMILES string of the molecule is CN(C)S(=O)(=O)c1cccc(NCc2cccnn2)c1N. The minimum atomic E-state index is -3.57. The van der Waals surface area contributed by atoms with Crippen molar-refractivity contribution in [3.63, 3.8) is 0 Å². The standard InChI is InChI=1S/C13H17N5O2S/c1-18(2)21(19,20)12-7-3-6-11(13(12)14)15-9-10-5-4-8-16-17-10/h3-8,15H,9,14H2,1-2H3. The Balaban J connectivity index is 2.27. The predicted molar refractivity (Wildman–Crippen MR) is 81.1 cm³/mol. The molecule has 0 aliphatic carbocycles. The maximum absolute atomic E-state index is 12.2. The first-order chi connectivity index (χ1) is 9.93. The molecule has 0 amide bonds. The predicted octanol–water partition coefficient (Wildman–Crippen LogP) is 0.921. The van der Waals surface area contributed by atoms with Crippen LogP contribution in [0.5, 0.6) is 0 Å². The van der Waals surface area contributed by atoms with Gasteiger partial charge in [-0.3, -0.25) is 0 Å². The van der Waals surface area contributed by atoms with E-state index >= 15 is 0 Å². The van der Waals surface area contributed by atoms with Crippen LogP contribution < -0.4 is 11.1 Å². The Morgan fingerprint density at radius 1 is 1.24 bits per heavy atom. The second kappa shape index (κ2) is 6.06. The quantitative estimate of drug-likeness (QED) is 0.797. The Morgan fingerprint density at radius 3 is 2.62 bits per heavy atom. The number of nitrogens with two attached hydrogens (primary N) is 1. The first-order valence-corrected chi connectivity index (χ1v) is 7.68. The lowest BCUT2D eigenvalue weighted by Crippen LogP contribution is -2.23. The van der Waals surface area contributed by atoms with Gasteiger partial charge in [-0.1, -0.05) is 6.07 Å². The average Bonchev–Trinajstić information content (AvgIpc) is 2.47. The van der Waals surface area contributed by atoms with Gasteiger partial charge in [-0.05, 0) is 24.3 Å².